The fraction of sp³-hybridized carbons (Fsp3) is 0.176. The average molecular weight is 397 g/mol. The van der Waals surface area contributed by atoms with Gasteiger partial charge in [-0.1, -0.05) is 5.16 Å². The number of alkyl halides is 3. The van der Waals surface area contributed by atoms with Crippen molar-refractivity contribution >= 4 is 15.7 Å². The van der Waals surface area contributed by atoms with Gasteiger partial charge in [0.15, 0.2) is 0 Å². The summed E-state index contributed by atoms with van der Waals surface area (Å²) in [6.45, 7) is 1.53. The smallest absolute Gasteiger partial charge is 0.334 e. The molecule has 0 aliphatic carbocycles. The van der Waals surface area contributed by atoms with Crippen LogP contribution in [0.2, 0.25) is 0 Å². The molecular formula is C17H14F3N3O3S. The zero-order chi connectivity index (χ0) is 19.7. The molecule has 0 aliphatic heterocycles. The lowest BCUT2D eigenvalue weighted by Crippen LogP contribution is -2.14. The number of aromatic nitrogens is 2. The molecule has 0 spiro atoms. The predicted molar refractivity (Wildman–Crippen MR) is 93.3 cm³/mol. The van der Waals surface area contributed by atoms with Gasteiger partial charge in [-0.3, -0.25) is 4.72 Å². The Bertz CT molecular complexity index is 1030. The summed E-state index contributed by atoms with van der Waals surface area (Å²) in [5.74, 6) is 0.264. The predicted octanol–water partition coefficient (Wildman–Crippen LogP) is 4.18. The van der Waals surface area contributed by atoms with Gasteiger partial charge in [0.05, 0.1) is 11.3 Å². The van der Waals surface area contributed by atoms with Gasteiger partial charge < -0.3 is 4.52 Å². The Morgan fingerprint density at radius 3 is 2.15 bits per heavy atom. The van der Waals surface area contributed by atoms with Crippen LogP contribution in [0.15, 0.2) is 53.1 Å². The van der Waals surface area contributed by atoms with Crippen molar-refractivity contribution < 1.29 is 26.1 Å². The van der Waals surface area contributed by atoms with Crippen molar-refractivity contribution in [3.8, 4) is 22.8 Å². The first-order valence-corrected chi connectivity index (χ1v) is 9.45. The summed E-state index contributed by atoms with van der Waals surface area (Å²) in [5.41, 5.74) is 0.550. The minimum Gasteiger partial charge on any atom is -0.334 e. The highest BCUT2D eigenvalue weighted by atomic mass is 32.2. The van der Waals surface area contributed by atoms with Crippen LogP contribution < -0.4 is 4.72 Å². The number of halogens is 3. The number of anilines is 1. The fourth-order valence-corrected chi connectivity index (χ4v) is 2.84. The maximum absolute atomic E-state index is 12.6. The summed E-state index contributed by atoms with van der Waals surface area (Å²) in [6, 6.07) is 10.7. The molecule has 1 heterocycles. The van der Waals surface area contributed by atoms with Crippen molar-refractivity contribution in [1.82, 2.24) is 10.1 Å². The van der Waals surface area contributed by atoms with E-state index in [4.69, 9.17) is 4.52 Å². The highest BCUT2D eigenvalue weighted by Gasteiger charge is 2.30. The molecule has 1 aromatic heterocycles. The van der Waals surface area contributed by atoms with Gasteiger partial charge in [0.1, 0.15) is 0 Å². The summed E-state index contributed by atoms with van der Waals surface area (Å²) in [6.07, 6.45) is -4.42. The summed E-state index contributed by atoms with van der Waals surface area (Å²) < 4.78 is 68.4. The molecule has 0 bridgehead atoms. The van der Waals surface area contributed by atoms with E-state index in [1.54, 1.807) is 24.3 Å². The molecule has 3 rings (SSSR count). The second kappa shape index (κ2) is 7.03. The molecule has 10 heteroatoms. The lowest BCUT2D eigenvalue weighted by Gasteiger charge is -2.06. The molecule has 0 radical (unpaired) electrons. The maximum Gasteiger partial charge on any atom is 0.416 e. The van der Waals surface area contributed by atoms with Crippen LogP contribution in [0.3, 0.4) is 0 Å². The summed E-state index contributed by atoms with van der Waals surface area (Å²) >= 11 is 0. The van der Waals surface area contributed by atoms with Gasteiger partial charge in [0.2, 0.25) is 15.8 Å². The van der Waals surface area contributed by atoms with Crippen molar-refractivity contribution in [2.24, 2.45) is 0 Å². The molecule has 0 saturated carbocycles. The SMILES string of the molecule is CCS(=O)(=O)Nc1ccc(-c2noc(-c3ccc(C(F)(F)F)cc3)n2)cc1. The van der Waals surface area contributed by atoms with Crippen LogP contribution >= 0.6 is 0 Å². The Labute approximate surface area is 153 Å². The quantitative estimate of drug-likeness (QED) is 0.698. The molecule has 6 nitrogen and oxygen atoms in total. The molecule has 2 aromatic carbocycles. The van der Waals surface area contributed by atoms with Crippen LogP contribution in [0.5, 0.6) is 0 Å². The van der Waals surface area contributed by atoms with Crippen LogP contribution in [0.25, 0.3) is 22.8 Å². The molecule has 0 saturated heterocycles. The third kappa shape index (κ3) is 4.45. The van der Waals surface area contributed by atoms with E-state index in [0.717, 1.165) is 12.1 Å². The first-order chi connectivity index (χ1) is 12.7. The van der Waals surface area contributed by atoms with E-state index in [1.165, 1.54) is 19.1 Å². The minimum atomic E-state index is -4.42. The lowest BCUT2D eigenvalue weighted by atomic mass is 10.1. The Hall–Kier alpha value is -2.88. The number of rotatable bonds is 5. The van der Waals surface area contributed by atoms with Crippen LogP contribution in [-0.2, 0) is 16.2 Å². The van der Waals surface area contributed by atoms with E-state index in [0.29, 0.717) is 16.8 Å². The molecule has 0 amide bonds. The Morgan fingerprint density at radius 1 is 1.00 bits per heavy atom. The van der Waals surface area contributed by atoms with Crippen LogP contribution in [0, 0.1) is 0 Å². The molecule has 0 aliphatic rings. The summed E-state index contributed by atoms with van der Waals surface area (Å²) in [4.78, 5) is 4.17. The monoisotopic (exact) mass is 397 g/mol. The molecule has 27 heavy (non-hydrogen) atoms. The van der Waals surface area contributed by atoms with E-state index < -0.39 is 21.8 Å². The average Bonchev–Trinajstić information content (AvgIpc) is 3.11. The first-order valence-electron chi connectivity index (χ1n) is 7.80. The van der Waals surface area contributed by atoms with E-state index in [1.807, 2.05) is 0 Å². The van der Waals surface area contributed by atoms with E-state index in [9.17, 15) is 21.6 Å². The van der Waals surface area contributed by atoms with Gasteiger partial charge in [-0.15, -0.1) is 0 Å². The molecule has 142 valence electrons. The van der Waals surface area contributed by atoms with Gasteiger partial charge in [0, 0.05) is 16.8 Å². The van der Waals surface area contributed by atoms with E-state index in [2.05, 4.69) is 14.9 Å². The van der Waals surface area contributed by atoms with Gasteiger partial charge >= 0.3 is 6.18 Å². The largest absolute Gasteiger partial charge is 0.416 e. The highest BCUT2D eigenvalue weighted by molar-refractivity contribution is 7.92. The number of sulfonamides is 1. The fourth-order valence-electron chi connectivity index (χ4n) is 2.20. The van der Waals surface area contributed by atoms with Crippen molar-refractivity contribution in [3.63, 3.8) is 0 Å². The third-order valence-electron chi connectivity index (χ3n) is 3.68. The number of hydrogen-bond acceptors (Lipinski definition) is 5. The van der Waals surface area contributed by atoms with E-state index >= 15 is 0 Å². The zero-order valence-electron chi connectivity index (χ0n) is 14.0. The minimum absolute atomic E-state index is 0.0456. The van der Waals surface area contributed by atoms with Crippen molar-refractivity contribution in [1.29, 1.82) is 0 Å². The standard InChI is InChI=1S/C17H14F3N3O3S/c1-2-27(24,25)23-14-9-5-11(6-10-14)15-21-16(26-22-15)12-3-7-13(8-4-12)17(18,19)20/h3-10,23H,2H2,1H3. The first kappa shape index (κ1) is 18.9. The molecule has 0 unspecified atom stereocenters. The van der Waals surface area contributed by atoms with E-state index in [-0.39, 0.29) is 17.5 Å². The lowest BCUT2D eigenvalue weighted by molar-refractivity contribution is -0.137. The Morgan fingerprint density at radius 2 is 1.59 bits per heavy atom. The van der Waals surface area contributed by atoms with Gasteiger partial charge in [-0.2, -0.15) is 18.2 Å². The van der Waals surface area contributed by atoms with Gasteiger partial charge in [0.25, 0.3) is 5.89 Å². The topological polar surface area (TPSA) is 85.1 Å². The van der Waals surface area contributed by atoms with Crippen molar-refractivity contribution in [2.45, 2.75) is 13.1 Å². The molecular weight excluding hydrogens is 383 g/mol. The van der Waals surface area contributed by atoms with Gasteiger partial charge in [-0.25, -0.2) is 8.42 Å². The van der Waals surface area contributed by atoms with Crippen molar-refractivity contribution in [2.75, 3.05) is 10.5 Å². The number of nitrogens with zero attached hydrogens (tertiary/aromatic N) is 2. The third-order valence-corrected chi connectivity index (χ3v) is 4.99. The summed E-state index contributed by atoms with van der Waals surface area (Å²) in [5, 5.41) is 3.81. The highest BCUT2D eigenvalue weighted by Crippen LogP contribution is 2.31. The number of hydrogen-bond donors (Lipinski definition) is 1. The second-order valence-electron chi connectivity index (χ2n) is 5.58. The van der Waals surface area contributed by atoms with Crippen LogP contribution in [0.4, 0.5) is 18.9 Å². The molecule has 0 fully saturated rings. The second-order valence-corrected chi connectivity index (χ2v) is 7.59. The van der Waals surface area contributed by atoms with Gasteiger partial charge in [-0.05, 0) is 55.5 Å². The Balaban J connectivity index is 1.79. The summed E-state index contributed by atoms with van der Waals surface area (Å²) in [7, 11) is -3.38. The zero-order valence-corrected chi connectivity index (χ0v) is 14.8. The maximum atomic E-state index is 12.6. The number of nitrogens with one attached hydrogen (secondary N) is 1. The molecule has 3 aromatic rings. The van der Waals surface area contributed by atoms with Crippen molar-refractivity contribution in [3.05, 3.63) is 54.1 Å². The Kier molecular flexibility index (Phi) is 4.92. The molecule has 1 N–H and O–H groups in total. The molecule has 0 atom stereocenters. The normalized spacial score (nSPS) is 12.1. The van der Waals surface area contributed by atoms with Crippen LogP contribution in [0.1, 0.15) is 12.5 Å². The van der Waals surface area contributed by atoms with Crippen LogP contribution in [-0.4, -0.2) is 24.3 Å². The number of benzene rings is 2.